The van der Waals surface area contributed by atoms with E-state index >= 15 is 0 Å². The molecule has 4 aromatic rings. The number of pyridine rings is 1. The van der Waals surface area contributed by atoms with Crippen molar-refractivity contribution in [2.24, 2.45) is 7.05 Å². The van der Waals surface area contributed by atoms with E-state index in [1.807, 2.05) is 0 Å². The van der Waals surface area contributed by atoms with Crippen LogP contribution in [0.25, 0.3) is 22.2 Å². The Hall–Kier alpha value is -4.41. The van der Waals surface area contributed by atoms with Gasteiger partial charge in [-0.25, -0.2) is 13.8 Å². The van der Waals surface area contributed by atoms with E-state index in [0.29, 0.717) is 22.2 Å². The summed E-state index contributed by atoms with van der Waals surface area (Å²) in [7, 11) is 1.76. The Balaban J connectivity index is 1.72. The van der Waals surface area contributed by atoms with Crippen LogP contribution >= 0.6 is 0 Å². The number of alkyl halides is 2. The van der Waals surface area contributed by atoms with E-state index in [4.69, 9.17) is 4.74 Å². The molecule has 9 nitrogen and oxygen atoms in total. The highest BCUT2D eigenvalue weighted by molar-refractivity contribution is 6.13. The summed E-state index contributed by atoms with van der Waals surface area (Å²) in [4.78, 5) is 28.3. The molecule has 1 amide bonds. The number of rotatable bonds is 7. The number of fused-ring (bicyclic) bond motifs is 1. The number of aryl methyl sites for hydroxylation is 1. The number of carbonyl (C=O) groups is 1. The van der Waals surface area contributed by atoms with Crippen LogP contribution < -0.4 is 10.1 Å². The number of benzene rings is 2. The van der Waals surface area contributed by atoms with Gasteiger partial charge >= 0.3 is 0 Å². The second-order valence-corrected chi connectivity index (χ2v) is 7.10. The van der Waals surface area contributed by atoms with Gasteiger partial charge in [0.05, 0.1) is 39.6 Å². The van der Waals surface area contributed by atoms with Crippen LogP contribution in [0, 0.1) is 10.1 Å². The first-order chi connectivity index (χ1) is 15.8. The molecule has 0 bridgehead atoms. The van der Waals surface area contributed by atoms with E-state index in [9.17, 15) is 23.7 Å². The monoisotopic (exact) mass is 453 g/mol. The fourth-order valence-corrected chi connectivity index (χ4v) is 3.27. The molecule has 0 aliphatic rings. The third-order valence-electron chi connectivity index (χ3n) is 4.70. The second kappa shape index (κ2) is 8.99. The van der Waals surface area contributed by atoms with Crippen molar-refractivity contribution in [1.82, 2.24) is 14.8 Å². The number of para-hydroxylation sites is 1. The molecular formula is C22H17F2N5O4. The summed E-state index contributed by atoms with van der Waals surface area (Å²) in [6, 6.07) is 12.0. The van der Waals surface area contributed by atoms with Crippen LogP contribution in [-0.2, 0) is 7.05 Å². The van der Waals surface area contributed by atoms with Crippen molar-refractivity contribution in [3.8, 4) is 17.0 Å². The zero-order valence-corrected chi connectivity index (χ0v) is 17.2. The minimum absolute atomic E-state index is 0.0299. The Morgan fingerprint density at radius 1 is 1.24 bits per heavy atom. The number of aromatic nitrogens is 3. The topological polar surface area (TPSA) is 112 Å². The Morgan fingerprint density at radius 3 is 2.73 bits per heavy atom. The van der Waals surface area contributed by atoms with Crippen molar-refractivity contribution in [2.45, 2.75) is 6.43 Å². The maximum atomic E-state index is 13.2. The lowest BCUT2D eigenvalue weighted by Crippen LogP contribution is -2.14. The average Bonchev–Trinajstić information content (AvgIpc) is 3.23. The van der Waals surface area contributed by atoms with E-state index in [-0.39, 0.29) is 17.0 Å². The molecule has 0 radical (unpaired) electrons. The van der Waals surface area contributed by atoms with Crippen LogP contribution in [0.2, 0.25) is 0 Å². The van der Waals surface area contributed by atoms with Crippen molar-refractivity contribution in [2.75, 3.05) is 11.9 Å². The van der Waals surface area contributed by atoms with Gasteiger partial charge in [0.15, 0.2) is 0 Å². The lowest BCUT2D eigenvalue weighted by Gasteiger charge is -2.11. The van der Waals surface area contributed by atoms with Crippen molar-refractivity contribution in [1.29, 1.82) is 0 Å². The van der Waals surface area contributed by atoms with Gasteiger partial charge in [-0.05, 0) is 12.1 Å². The van der Waals surface area contributed by atoms with E-state index < -0.39 is 29.6 Å². The third-order valence-corrected chi connectivity index (χ3v) is 4.70. The average molecular weight is 453 g/mol. The molecule has 0 atom stereocenters. The molecule has 0 unspecified atom stereocenters. The van der Waals surface area contributed by atoms with Gasteiger partial charge in [0.25, 0.3) is 18.0 Å². The standard InChI is InChI=1S/C22H17F2N5O4/c1-28-11-13(10-25-28)20-9-18(17-4-2-3-5-19(17)27-20)22(30)26-14-6-15(29(31)32)8-16(7-14)33-12-21(23)24/h2-11,21H,12H2,1H3,(H,26,30). The van der Waals surface area contributed by atoms with Gasteiger partial charge in [-0.3, -0.25) is 19.6 Å². The van der Waals surface area contributed by atoms with Gasteiger partial charge in [0, 0.05) is 36.3 Å². The van der Waals surface area contributed by atoms with E-state index in [1.165, 1.54) is 6.07 Å². The summed E-state index contributed by atoms with van der Waals surface area (Å²) >= 11 is 0. The van der Waals surface area contributed by atoms with E-state index in [1.54, 1.807) is 54.5 Å². The van der Waals surface area contributed by atoms with E-state index in [0.717, 1.165) is 12.1 Å². The number of hydrogen-bond acceptors (Lipinski definition) is 6. The maximum absolute atomic E-state index is 13.2. The molecule has 0 fully saturated rings. The number of carbonyl (C=O) groups excluding carboxylic acids is 1. The van der Waals surface area contributed by atoms with Gasteiger partial charge < -0.3 is 10.1 Å². The first-order valence-electron chi connectivity index (χ1n) is 9.71. The first kappa shape index (κ1) is 21.8. The Kier molecular flexibility index (Phi) is 5.94. The fourth-order valence-electron chi connectivity index (χ4n) is 3.27. The summed E-state index contributed by atoms with van der Waals surface area (Å²) in [5.41, 5.74) is 1.70. The van der Waals surface area contributed by atoms with Crippen molar-refractivity contribution >= 4 is 28.2 Å². The number of ether oxygens (including phenoxy) is 1. The SMILES string of the molecule is Cn1cc(-c2cc(C(=O)Nc3cc(OCC(F)F)cc([N+](=O)[O-])c3)c3ccccc3n2)cn1. The molecule has 2 aromatic heterocycles. The highest BCUT2D eigenvalue weighted by Crippen LogP contribution is 2.29. The zero-order chi connectivity index (χ0) is 23.5. The Morgan fingerprint density at radius 2 is 2.03 bits per heavy atom. The largest absolute Gasteiger partial charge is 0.487 e. The Labute approximate surface area is 185 Å². The summed E-state index contributed by atoms with van der Waals surface area (Å²) in [5, 5.41) is 18.5. The quantitative estimate of drug-likeness (QED) is 0.327. The number of amides is 1. The number of anilines is 1. The minimum atomic E-state index is -2.75. The molecule has 0 aliphatic heterocycles. The van der Waals surface area contributed by atoms with Crippen molar-refractivity contribution < 1.29 is 23.2 Å². The first-order valence-corrected chi connectivity index (χ1v) is 9.71. The molecule has 0 saturated heterocycles. The molecule has 1 N–H and O–H groups in total. The molecule has 33 heavy (non-hydrogen) atoms. The third kappa shape index (κ3) is 4.92. The number of nitro groups is 1. The molecule has 2 aromatic carbocycles. The summed E-state index contributed by atoms with van der Waals surface area (Å²) in [6.07, 6.45) is 0.620. The van der Waals surface area contributed by atoms with Crippen LogP contribution in [0.4, 0.5) is 20.2 Å². The Bertz CT molecular complexity index is 1360. The highest BCUT2D eigenvalue weighted by Gasteiger charge is 2.18. The molecule has 11 heteroatoms. The number of hydrogen-bond donors (Lipinski definition) is 1. The van der Waals surface area contributed by atoms with Gasteiger partial charge in [-0.1, -0.05) is 18.2 Å². The van der Waals surface area contributed by atoms with Crippen LogP contribution in [0.1, 0.15) is 10.4 Å². The van der Waals surface area contributed by atoms with Gasteiger partial charge in [0.1, 0.15) is 12.4 Å². The predicted octanol–water partition coefficient (Wildman–Crippen LogP) is 4.44. The molecule has 2 heterocycles. The normalized spacial score (nSPS) is 11.0. The van der Waals surface area contributed by atoms with Gasteiger partial charge in [-0.15, -0.1) is 0 Å². The maximum Gasteiger partial charge on any atom is 0.275 e. The number of nitrogens with zero attached hydrogens (tertiary/aromatic N) is 4. The molecule has 0 aliphatic carbocycles. The molecule has 0 spiro atoms. The van der Waals surface area contributed by atoms with Gasteiger partial charge in [0.2, 0.25) is 0 Å². The minimum Gasteiger partial charge on any atom is -0.487 e. The van der Waals surface area contributed by atoms with Crippen LogP contribution in [0.5, 0.6) is 5.75 Å². The summed E-state index contributed by atoms with van der Waals surface area (Å²) in [6.45, 7) is -0.933. The zero-order valence-electron chi connectivity index (χ0n) is 17.2. The number of nitrogens with one attached hydrogen (secondary N) is 1. The molecule has 168 valence electrons. The van der Waals surface area contributed by atoms with Gasteiger partial charge in [-0.2, -0.15) is 5.10 Å². The lowest BCUT2D eigenvalue weighted by molar-refractivity contribution is -0.384. The van der Waals surface area contributed by atoms with Crippen LogP contribution in [-0.4, -0.2) is 38.6 Å². The van der Waals surface area contributed by atoms with Crippen molar-refractivity contribution in [3.05, 3.63) is 76.6 Å². The summed E-state index contributed by atoms with van der Waals surface area (Å²) < 4.78 is 31.5. The summed E-state index contributed by atoms with van der Waals surface area (Å²) in [5.74, 6) is -0.713. The molecular weight excluding hydrogens is 436 g/mol. The predicted molar refractivity (Wildman–Crippen MR) is 116 cm³/mol. The lowest BCUT2D eigenvalue weighted by atomic mass is 10.0. The van der Waals surface area contributed by atoms with E-state index in [2.05, 4.69) is 15.4 Å². The number of non-ortho nitro benzene ring substituents is 1. The van der Waals surface area contributed by atoms with Crippen LogP contribution in [0.3, 0.4) is 0 Å². The fraction of sp³-hybridized carbons (Fsp3) is 0.136. The molecule has 0 saturated carbocycles. The number of halogens is 2. The second-order valence-electron chi connectivity index (χ2n) is 7.10. The van der Waals surface area contributed by atoms with Crippen LogP contribution in [0.15, 0.2) is 60.9 Å². The molecule has 4 rings (SSSR count). The highest BCUT2D eigenvalue weighted by atomic mass is 19.3. The van der Waals surface area contributed by atoms with Crippen molar-refractivity contribution in [3.63, 3.8) is 0 Å². The smallest absolute Gasteiger partial charge is 0.275 e. The number of nitro benzene ring substituents is 1.